The van der Waals surface area contributed by atoms with Gasteiger partial charge in [0, 0.05) is 17.8 Å². The number of carboxylic acid groups (broad SMARTS) is 1. The number of nitrogens with zero attached hydrogens (tertiary/aromatic N) is 1. The fraction of sp³-hybridized carbons (Fsp3) is 0.476. The van der Waals surface area contributed by atoms with Crippen molar-refractivity contribution in [2.75, 3.05) is 5.32 Å². The Morgan fingerprint density at radius 3 is 1.94 bits per heavy atom. The van der Waals surface area contributed by atoms with Crippen LogP contribution in [0.5, 0.6) is 0 Å². The monoisotopic (exact) mass is 495 g/mol. The molecular weight excluding hydrogens is 466 g/mol. The number of hydrogen-bond donors (Lipinski definition) is 5. The molecule has 0 bridgehead atoms. The summed E-state index contributed by atoms with van der Waals surface area (Å²) in [7, 11) is 0. The van der Waals surface area contributed by atoms with Gasteiger partial charge in [-0.05, 0) is 46.8 Å². The molecule has 0 heterocycles. The van der Waals surface area contributed by atoms with Crippen LogP contribution in [0.15, 0.2) is 24.3 Å². The molecule has 4 amide bonds. The van der Waals surface area contributed by atoms with Gasteiger partial charge >= 0.3 is 12.1 Å². The number of anilines is 1. The highest BCUT2D eigenvalue weighted by molar-refractivity contribution is 6.00. The molecule has 0 aliphatic heterocycles. The van der Waals surface area contributed by atoms with Crippen molar-refractivity contribution >= 4 is 41.2 Å². The second kappa shape index (κ2) is 12.3. The first kappa shape index (κ1) is 28.8. The lowest BCUT2D eigenvalue weighted by molar-refractivity contribution is -0.384. The number of nitro benzene ring substituents is 1. The van der Waals surface area contributed by atoms with Crippen molar-refractivity contribution in [3.63, 3.8) is 0 Å². The van der Waals surface area contributed by atoms with Gasteiger partial charge in [-0.25, -0.2) is 4.79 Å². The van der Waals surface area contributed by atoms with Crippen LogP contribution < -0.4 is 21.3 Å². The summed E-state index contributed by atoms with van der Waals surface area (Å²) < 4.78 is 5.05. The highest BCUT2D eigenvalue weighted by Crippen LogP contribution is 2.16. The van der Waals surface area contributed by atoms with E-state index in [2.05, 4.69) is 21.3 Å². The first-order chi connectivity index (χ1) is 16.1. The molecule has 0 unspecified atom stereocenters. The average Bonchev–Trinajstić information content (AvgIpc) is 2.71. The van der Waals surface area contributed by atoms with E-state index in [1.807, 2.05) is 0 Å². The number of carbonyl (C=O) groups is 5. The Kier molecular flexibility index (Phi) is 10.1. The van der Waals surface area contributed by atoms with E-state index in [9.17, 15) is 34.1 Å². The van der Waals surface area contributed by atoms with Crippen LogP contribution >= 0.6 is 0 Å². The number of rotatable bonds is 10. The summed E-state index contributed by atoms with van der Waals surface area (Å²) in [5.41, 5.74) is -0.839. The van der Waals surface area contributed by atoms with Crippen molar-refractivity contribution in [1.29, 1.82) is 0 Å². The molecule has 14 heteroatoms. The number of carbonyl (C=O) groups excluding carboxylic acids is 4. The lowest BCUT2D eigenvalue weighted by atomic mass is 10.1. The molecule has 192 valence electrons. The number of ether oxygens (including phenoxy) is 1. The summed E-state index contributed by atoms with van der Waals surface area (Å²) in [6.45, 7) is 7.62. The van der Waals surface area contributed by atoms with Crippen LogP contribution in [0.3, 0.4) is 0 Å². The van der Waals surface area contributed by atoms with Crippen molar-refractivity contribution in [2.24, 2.45) is 0 Å². The molecule has 0 radical (unpaired) electrons. The number of alkyl carbamates (subject to hydrolysis) is 1. The maximum atomic E-state index is 12.5. The van der Waals surface area contributed by atoms with E-state index in [0.29, 0.717) is 0 Å². The summed E-state index contributed by atoms with van der Waals surface area (Å²) in [4.78, 5) is 70.4. The fourth-order valence-electron chi connectivity index (χ4n) is 2.53. The lowest BCUT2D eigenvalue weighted by Gasteiger charge is -2.23. The third kappa shape index (κ3) is 10.5. The number of non-ortho nitro benzene ring substituents is 1. The number of carboxylic acids is 1. The van der Waals surface area contributed by atoms with E-state index in [1.165, 1.54) is 26.0 Å². The Morgan fingerprint density at radius 2 is 1.46 bits per heavy atom. The maximum absolute atomic E-state index is 12.5. The molecule has 1 aromatic rings. The summed E-state index contributed by atoms with van der Waals surface area (Å²) in [6, 6.07) is 1.03. The third-order valence-corrected chi connectivity index (χ3v) is 4.24. The quantitative estimate of drug-likeness (QED) is 0.231. The second-order valence-corrected chi connectivity index (χ2v) is 8.55. The summed E-state index contributed by atoms with van der Waals surface area (Å²) in [5, 5.41) is 29.1. The van der Waals surface area contributed by atoms with E-state index >= 15 is 0 Å². The molecule has 14 nitrogen and oxygen atoms in total. The molecule has 0 aromatic heterocycles. The van der Waals surface area contributed by atoms with Crippen LogP contribution in [0.2, 0.25) is 0 Å². The minimum Gasteiger partial charge on any atom is -0.481 e. The van der Waals surface area contributed by atoms with Crippen LogP contribution in [0, 0.1) is 10.1 Å². The molecule has 0 aliphatic carbocycles. The second-order valence-electron chi connectivity index (χ2n) is 8.55. The summed E-state index contributed by atoms with van der Waals surface area (Å²) in [5.74, 6) is -3.83. The minimum atomic E-state index is -1.51. The SMILES string of the molecule is C[C@H](NC(=O)OC(C)(C)C)C(=O)N[C@@H](C)C(=O)N[C@@H](CC(=O)O)C(=O)Nc1ccc([N+](=O)[O-])cc1. The molecule has 3 atom stereocenters. The topological polar surface area (TPSA) is 206 Å². The van der Waals surface area contributed by atoms with Crippen LogP contribution in [0.25, 0.3) is 0 Å². The molecule has 35 heavy (non-hydrogen) atoms. The van der Waals surface area contributed by atoms with Crippen molar-refractivity contribution in [1.82, 2.24) is 16.0 Å². The standard InChI is InChI=1S/C21H29N5O9/c1-11(22-17(29)12(2)23-20(32)35-21(3,4)5)18(30)25-15(10-16(27)28)19(31)24-13-6-8-14(9-7-13)26(33)34/h6-9,11-12,15H,10H2,1-5H3,(H,22,29)(H,23,32)(H,24,31)(H,25,30)(H,27,28)/t11-,12-,15-/m0/s1. The minimum absolute atomic E-state index is 0.147. The number of amides is 4. The van der Waals surface area contributed by atoms with Crippen LogP contribution in [-0.4, -0.2) is 63.5 Å². The van der Waals surface area contributed by atoms with Crippen LogP contribution in [0.4, 0.5) is 16.2 Å². The van der Waals surface area contributed by atoms with Gasteiger partial charge in [0.15, 0.2) is 0 Å². The Morgan fingerprint density at radius 1 is 0.943 bits per heavy atom. The molecule has 1 rings (SSSR count). The first-order valence-electron chi connectivity index (χ1n) is 10.5. The predicted octanol–water partition coefficient (Wildman–Crippen LogP) is 0.911. The zero-order valence-electron chi connectivity index (χ0n) is 19.9. The Hall–Kier alpha value is -4.23. The molecule has 5 N–H and O–H groups in total. The predicted molar refractivity (Wildman–Crippen MR) is 122 cm³/mol. The van der Waals surface area contributed by atoms with Gasteiger partial charge in [0.05, 0.1) is 11.3 Å². The Bertz CT molecular complexity index is 972. The molecule has 0 spiro atoms. The van der Waals surface area contributed by atoms with Crippen molar-refractivity contribution in [3.05, 3.63) is 34.4 Å². The van der Waals surface area contributed by atoms with Gasteiger partial charge < -0.3 is 31.1 Å². The zero-order valence-corrected chi connectivity index (χ0v) is 19.9. The van der Waals surface area contributed by atoms with Gasteiger partial charge in [-0.15, -0.1) is 0 Å². The summed E-state index contributed by atoms with van der Waals surface area (Å²) >= 11 is 0. The molecule has 0 saturated heterocycles. The van der Waals surface area contributed by atoms with Crippen molar-refractivity contribution in [2.45, 2.75) is 64.8 Å². The highest BCUT2D eigenvalue weighted by Gasteiger charge is 2.28. The number of hydrogen-bond acceptors (Lipinski definition) is 8. The van der Waals surface area contributed by atoms with Gasteiger partial charge in [-0.2, -0.15) is 0 Å². The van der Waals surface area contributed by atoms with Gasteiger partial charge in [0.1, 0.15) is 23.7 Å². The molecule has 1 aromatic carbocycles. The van der Waals surface area contributed by atoms with E-state index in [-0.39, 0.29) is 11.4 Å². The Labute approximate surface area is 200 Å². The van der Waals surface area contributed by atoms with Gasteiger partial charge in [-0.3, -0.25) is 29.3 Å². The zero-order chi connectivity index (χ0) is 26.9. The van der Waals surface area contributed by atoms with Crippen LogP contribution in [0.1, 0.15) is 41.0 Å². The first-order valence-corrected chi connectivity index (χ1v) is 10.5. The number of nitro groups is 1. The fourth-order valence-corrected chi connectivity index (χ4v) is 2.53. The molecular formula is C21H29N5O9. The number of nitrogens with one attached hydrogen (secondary N) is 4. The average molecular weight is 495 g/mol. The van der Waals surface area contributed by atoms with Crippen molar-refractivity contribution in [3.8, 4) is 0 Å². The van der Waals surface area contributed by atoms with Crippen LogP contribution in [-0.2, 0) is 23.9 Å². The molecule has 0 aliphatic rings. The number of aliphatic carboxylic acids is 1. The van der Waals surface area contributed by atoms with E-state index in [0.717, 1.165) is 12.1 Å². The summed E-state index contributed by atoms with van der Waals surface area (Å²) in [6.07, 6.45) is -1.59. The van der Waals surface area contributed by atoms with E-state index in [1.54, 1.807) is 20.8 Å². The normalized spacial score (nSPS) is 13.4. The largest absolute Gasteiger partial charge is 0.481 e. The smallest absolute Gasteiger partial charge is 0.408 e. The third-order valence-electron chi connectivity index (χ3n) is 4.24. The van der Waals surface area contributed by atoms with Gasteiger partial charge in [0.2, 0.25) is 17.7 Å². The van der Waals surface area contributed by atoms with Gasteiger partial charge in [0.25, 0.3) is 5.69 Å². The lowest BCUT2D eigenvalue weighted by Crippen LogP contribution is -2.55. The molecule has 0 saturated carbocycles. The number of benzene rings is 1. The highest BCUT2D eigenvalue weighted by atomic mass is 16.6. The van der Waals surface area contributed by atoms with Crippen molar-refractivity contribution < 1.29 is 38.7 Å². The molecule has 0 fully saturated rings. The van der Waals surface area contributed by atoms with Gasteiger partial charge in [-0.1, -0.05) is 0 Å². The van der Waals surface area contributed by atoms with E-state index in [4.69, 9.17) is 9.84 Å². The Balaban J connectivity index is 2.75. The van der Waals surface area contributed by atoms with E-state index < -0.39 is 64.9 Å². The maximum Gasteiger partial charge on any atom is 0.408 e.